The standard InChI is InChI=1S/C17H22O5S/c1-2-22-15(18)17(10-11-17)23(19,20)16(8-9-16)13-21-12-14-6-4-3-5-7-14/h3-7H,2,8-13H2,1H3. The van der Waals surface area contributed by atoms with Gasteiger partial charge in [0.1, 0.15) is 0 Å². The van der Waals surface area contributed by atoms with Crippen molar-refractivity contribution in [2.24, 2.45) is 0 Å². The minimum absolute atomic E-state index is 0.144. The van der Waals surface area contributed by atoms with E-state index in [9.17, 15) is 13.2 Å². The number of sulfone groups is 1. The Labute approximate surface area is 136 Å². The molecule has 3 rings (SSSR count). The van der Waals surface area contributed by atoms with Crippen molar-refractivity contribution >= 4 is 15.8 Å². The van der Waals surface area contributed by atoms with Gasteiger partial charge in [0.05, 0.1) is 24.6 Å². The number of rotatable bonds is 8. The van der Waals surface area contributed by atoms with Crippen LogP contribution in [0.25, 0.3) is 0 Å². The van der Waals surface area contributed by atoms with Crippen LogP contribution in [0.3, 0.4) is 0 Å². The second-order valence-corrected chi connectivity index (χ2v) is 9.03. The van der Waals surface area contributed by atoms with Gasteiger partial charge in [-0.25, -0.2) is 8.42 Å². The lowest BCUT2D eigenvalue weighted by Gasteiger charge is -2.22. The molecule has 2 aliphatic carbocycles. The van der Waals surface area contributed by atoms with E-state index in [1.165, 1.54) is 0 Å². The lowest BCUT2D eigenvalue weighted by atomic mass is 10.2. The first-order valence-electron chi connectivity index (χ1n) is 8.00. The Bertz CT molecular complexity index is 672. The number of hydrogen-bond acceptors (Lipinski definition) is 5. The van der Waals surface area contributed by atoms with E-state index >= 15 is 0 Å². The van der Waals surface area contributed by atoms with Gasteiger partial charge in [0.25, 0.3) is 0 Å². The van der Waals surface area contributed by atoms with Crippen LogP contribution in [0.5, 0.6) is 0 Å². The molecule has 0 bridgehead atoms. The van der Waals surface area contributed by atoms with Crippen LogP contribution in [-0.2, 0) is 30.7 Å². The number of carbonyl (C=O) groups is 1. The third-order valence-electron chi connectivity index (χ3n) is 4.72. The molecule has 6 heteroatoms. The van der Waals surface area contributed by atoms with Crippen molar-refractivity contribution in [1.29, 1.82) is 0 Å². The molecule has 2 saturated carbocycles. The fourth-order valence-electron chi connectivity index (χ4n) is 2.93. The lowest BCUT2D eigenvalue weighted by molar-refractivity contribution is -0.143. The van der Waals surface area contributed by atoms with Crippen molar-refractivity contribution in [3.8, 4) is 0 Å². The van der Waals surface area contributed by atoms with E-state index in [-0.39, 0.29) is 13.2 Å². The van der Waals surface area contributed by atoms with Crippen LogP contribution in [0.2, 0.25) is 0 Å². The molecule has 2 aliphatic rings. The molecule has 0 saturated heterocycles. The highest BCUT2D eigenvalue weighted by Crippen LogP contribution is 2.57. The van der Waals surface area contributed by atoms with Crippen LogP contribution >= 0.6 is 0 Å². The SMILES string of the molecule is CCOC(=O)C1(S(=O)(=O)C2(COCc3ccccc3)CC2)CC1. The van der Waals surface area contributed by atoms with E-state index in [4.69, 9.17) is 9.47 Å². The van der Waals surface area contributed by atoms with E-state index in [0.29, 0.717) is 32.3 Å². The van der Waals surface area contributed by atoms with E-state index in [1.54, 1.807) is 6.92 Å². The number of benzene rings is 1. The number of hydrogen-bond donors (Lipinski definition) is 0. The maximum absolute atomic E-state index is 13.0. The first-order valence-corrected chi connectivity index (χ1v) is 9.49. The highest BCUT2D eigenvalue weighted by molar-refractivity contribution is 7.95. The summed E-state index contributed by atoms with van der Waals surface area (Å²) in [6.07, 6.45) is 1.86. The maximum atomic E-state index is 13.0. The molecule has 0 spiro atoms. The first kappa shape index (κ1) is 16.5. The molecule has 126 valence electrons. The van der Waals surface area contributed by atoms with Gasteiger partial charge in [-0.05, 0) is 38.2 Å². The molecule has 0 heterocycles. The average molecular weight is 338 g/mol. The molecule has 1 aromatic rings. The molecule has 5 nitrogen and oxygen atoms in total. The Balaban J connectivity index is 1.66. The lowest BCUT2D eigenvalue weighted by Crippen LogP contribution is -2.44. The Morgan fingerprint density at radius 3 is 2.30 bits per heavy atom. The number of ether oxygens (including phenoxy) is 2. The molecule has 0 amide bonds. The summed E-state index contributed by atoms with van der Waals surface area (Å²) < 4.78 is 34.4. The van der Waals surface area contributed by atoms with Gasteiger partial charge in [-0.2, -0.15) is 0 Å². The molecular formula is C17H22O5S. The zero-order valence-corrected chi connectivity index (χ0v) is 14.1. The maximum Gasteiger partial charge on any atom is 0.327 e. The molecular weight excluding hydrogens is 316 g/mol. The van der Waals surface area contributed by atoms with Crippen LogP contribution in [-0.4, -0.2) is 37.1 Å². The summed E-state index contributed by atoms with van der Waals surface area (Å²) in [6.45, 7) is 2.42. The predicted molar refractivity (Wildman–Crippen MR) is 85.6 cm³/mol. The van der Waals surface area contributed by atoms with Gasteiger partial charge in [0, 0.05) is 0 Å². The Morgan fingerprint density at radius 2 is 1.78 bits per heavy atom. The summed E-state index contributed by atoms with van der Waals surface area (Å²) >= 11 is 0. The molecule has 23 heavy (non-hydrogen) atoms. The normalized spacial score (nSPS) is 20.7. The van der Waals surface area contributed by atoms with Crippen molar-refractivity contribution in [1.82, 2.24) is 0 Å². The third-order valence-corrected chi connectivity index (χ3v) is 7.99. The summed E-state index contributed by atoms with van der Waals surface area (Å²) in [5.74, 6) is -0.589. The topological polar surface area (TPSA) is 69.7 Å². The molecule has 0 radical (unpaired) electrons. The van der Waals surface area contributed by atoms with Gasteiger partial charge in [-0.15, -0.1) is 0 Å². The Kier molecular flexibility index (Phi) is 4.23. The summed E-state index contributed by atoms with van der Waals surface area (Å²) in [6, 6.07) is 9.64. The van der Waals surface area contributed by atoms with Crippen LogP contribution in [0, 0.1) is 0 Å². The highest BCUT2D eigenvalue weighted by atomic mass is 32.2. The third kappa shape index (κ3) is 2.78. The van der Waals surface area contributed by atoms with Crippen molar-refractivity contribution < 1.29 is 22.7 Å². The number of carbonyl (C=O) groups excluding carboxylic acids is 1. The molecule has 0 unspecified atom stereocenters. The zero-order chi connectivity index (χ0) is 16.6. The van der Waals surface area contributed by atoms with Gasteiger partial charge in [-0.3, -0.25) is 4.79 Å². The van der Waals surface area contributed by atoms with Crippen molar-refractivity contribution in [3.63, 3.8) is 0 Å². The van der Waals surface area contributed by atoms with E-state index in [1.807, 2.05) is 30.3 Å². The Hall–Kier alpha value is -1.40. The second-order valence-electron chi connectivity index (χ2n) is 6.38. The second kappa shape index (κ2) is 5.91. The largest absolute Gasteiger partial charge is 0.465 e. The monoisotopic (exact) mass is 338 g/mol. The predicted octanol–water partition coefficient (Wildman–Crippen LogP) is 2.25. The van der Waals surface area contributed by atoms with Gasteiger partial charge in [-0.1, -0.05) is 30.3 Å². The molecule has 0 atom stereocenters. The Morgan fingerprint density at radius 1 is 1.13 bits per heavy atom. The molecule has 1 aromatic carbocycles. The van der Waals surface area contributed by atoms with Gasteiger partial charge >= 0.3 is 5.97 Å². The molecule has 0 N–H and O–H groups in total. The average Bonchev–Trinajstić information content (AvgIpc) is 3.43. The van der Waals surface area contributed by atoms with Crippen molar-refractivity contribution in [3.05, 3.63) is 35.9 Å². The quantitative estimate of drug-likeness (QED) is 0.680. The fourth-order valence-corrected chi connectivity index (χ4v) is 5.56. The zero-order valence-electron chi connectivity index (χ0n) is 13.3. The van der Waals surface area contributed by atoms with Crippen LogP contribution < -0.4 is 0 Å². The van der Waals surface area contributed by atoms with Gasteiger partial charge in [0.2, 0.25) is 0 Å². The van der Waals surface area contributed by atoms with E-state index in [0.717, 1.165) is 5.56 Å². The van der Waals surface area contributed by atoms with E-state index in [2.05, 4.69) is 0 Å². The van der Waals surface area contributed by atoms with Gasteiger partial charge in [0.15, 0.2) is 14.6 Å². The summed E-state index contributed by atoms with van der Waals surface area (Å²) in [7, 11) is -3.59. The molecule has 2 fully saturated rings. The van der Waals surface area contributed by atoms with Crippen LogP contribution in [0.1, 0.15) is 38.2 Å². The summed E-state index contributed by atoms with van der Waals surface area (Å²) in [5, 5.41) is 0. The minimum Gasteiger partial charge on any atom is -0.465 e. The molecule has 0 aliphatic heterocycles. The van der Waals surface area contributed by atoms with Crippen molar-refractivity contribution in [2.45, 2.75) is 48.7 Å². The summed E-state index contributed by atoms with van der Waals surface area (Å²) in [5.41, 5.74) is 1.01. The van der Waals surface area contributed by atoms with Crippen LogP contribution in [0.4, 0.5) is 0 Å². The first-order chi connectivity index (χ1) is 11.0. The molecule has 0 aromatic heterocycles. The summed E-state index contributed by atoms with van der Waals surface area (Å²) in [4.78, 5) is 12.1. The smallest absolute Gasteiger partial charge is 0.327 e. The van der Waals surface area contributed by atoms with Crippen LogP contribution in [0.15, 0.2) is 30.3 Å². The highest BCUT2D eigenvalue weighted by Gasteiger charge is 2.71. The number of esters is 1. The fraction of sp³-hybridized carbons (Fsp3) is 0.588. The minimum atomic E-state index is -3.59. The van der Waals surface area contributed by atoms with Crippen molar-refractivity contribution in [2.75, 3.05) is 13.2 Å². The van der Waals surface area contributed by atoms with E-state index < -0.39 is 25.3 Å². The van der Waals surface area contributed by atoms with Gasteiger partial charge < -0.3 is 9.47 Å².